The minimum absolute atomic E-state index is 0.129. The molecule has 1 spiro atoms. The molecule has 3 amide bonds. The number of nitrogens with one attached hydrogen (secondary N) is 1. The molecule has 1 fully saturated rings. The number of hydrogen-bond donors (Lipinski definition) is 1. The number of halogens is 1. The van der Waals surface area contributed by atoms with Crippen LogP contribution < -0.4 is 10.1 Å². The van der Waals surface area contributed by atoms with E-state index in [0.29, 0.717) is 29.2 Å². The largest absolute Gasteiger partial charge is 0.497 e. The van der Waals surface area contributed by atoms with Gasteiger partial charge in [0, 0.05) is 11.4 Å². The van der Waals surface area contributed by atoms with E-state index in [4.69, 9.17) is 16.3 Å². The lowest BCUT2D eigenvalue weighted by atomic mass is 9.78. The molecular formula is C20H19ClN2O3. The van der Waals surface area contributed by atoms with E-state index in [1.807, 2.05) is 18.2 Å². The molecule has 1 heterocycles. The Morgan fingerprint density at radius 2 is 1.96 bits per heavy atom. The molecule has 6 heteroatoms. The Morgan fingerprint density at radius 1 is 1.19 bits per heavy atom. The molecule has 1 aliphatic heterocycles. The zero-order valence-corrected chi connectivity index (χ0v) is 15.2. The summed E-state index contributed by atoms with van der Waals surface area (Å²) in [4.78, 5) is 27.0. The van der Waals surface area contributed by atoms with Gasteiger partial charge in [-0.05, 0) is 47.7 Å². The molecule has 5 nitrogen and oxygen atoms in total. The van der Waals surface area contributed by atoms with Gasteiger partial charge < -0.3 is 10.1 Å². The Bertz CT molecular complexity index is 898. The minimum atomic E-state index is -0.850. The molecule has 1 N–H and O–H groups in total. The molecule has 1 atom stereocenters. The van der Waals surface area contributed by atoms with Gasteiger partial charge in [-0.25, -0.2) is 4.79 Å². The van der Waals surface area contributed by atoms with E-state index in [0.717, 1.165) is 12.0 Å². The number of benzene rings is 2. The van der Waals surface area contributed by atoms with Gasteiger partial charge in [0.15, 0.2) is 0 Å². The van der Waals surface area contributed by atoms with Crippen molar-refractivity contribution in [2.45, 2.75) is 31.3 Å². The second-order valence-corrected chi connectivity index (χ2v) is 7.21. The molecule has 2 aliphatic rings. The highest BCUT2D eigenvalue weighted by atomic mass is 35.5. The van der Waals surface area contributed by atoms with Crippen LogP contribution in [0.5, 0.6) is 5.75 Å². The van der Waals surface area contributed by atoms with Crippen molar-refractivity contribution in [1.29, 1.82) is 0 Å². The summed E-state index contributed by atoms with van der Waals surface area (Å²) in [5, 5.41) is 3.44. The van der Waals surface area contributed by atoms with Crippen LogP contribution in [0.2, 0.25) is 5.02 Å². The van der Waals surface area contributed by atoms with Crippen LogP contribution in [0.15, 0.2) is 42.5 Å². The van der Waals surface area contributed by atoms with Gasteiger partial charge in [-0.2, -0.15) is 0 Å². The van der Waals surface area contributed by atoms with E-state index in [1.54, 1.807) is 25.3 Å². The van der Waals surface area contributed by atoms with Crippen LogP contribution in [0.3, 0.4) is 0 Å². The predicted molar refractivity (Wildman–Crippen MR) is 98.3 cm³/mol. The number of ether oxygens (including phenoxy) is 1. The Balaban J connectivity index is 1.61. The molecule has 26 heavy (non-hydrogen) atoms. The van der Waals surface area contributed by atoms with Crippen LogP contribution in [0, 0.1) is 0 Å². The lowest BCUT2D eigenvalue weighted by Gasteiger charge is -2.32. The summed E-state index contributed by atoms with van der Waals surface area (Å²) in [5.74, 6) is 0.452. The summed E-state index contributed by atoms with van der Waals surface area (Å²) in [7, 11) is 1.56. The van der Waals surface area contributed by atoms with Crippen LogP contribution in [0.1, 0.15) is 23.1 Å². The van der Waals surface area contributed by atoms with E-state index in [9.17, 15) is 9.59 Å². The SMILES string of the molecule is COc1ccc(Cl)c(CN2C(=O)NC3(CCc4ccccc4C3)C2=O)c1. The highest BCUT2D eigenvalue weighted by Crippen LogP contribution is 2.35. The van der Waals surface area contributed by atoms with Gasteiger partial charge in [0.05, 0.1) is 13.7 Å². The second kappa shape index (κ2) is 6.32. The Morgan fingerprint density at radius 3 is 2.73 bits per heavy atom. The van der Waals surface area contributed by atoms with Crippen molar-refractivity contribution in [3.8, 4) is 5.75 Å². The first kappa shape index (κ1) is 16.9. The van der Waals surface area contributed by atoms with Crippen LogP contribution >= 0.6 is 11.6 Å². The summed E-state index contributed by atoms with van der Waals surface area (Å²) in [6.45, 7) is 0.129. The maximum Gasteiger partial charge on any atom is 0.325 e. The van der Waals surface area contributed by atoms with Gasteiger partial charge in [-0.1, -0.05) is 35.9 Å². The first-order chi connectivity index (χ1) is 12.5. The molecule has 0 saturated carbocycles. The topological polar surface area (TPSA) is 58.6 Å². The Kier molecular flexibility index (Phi) is 4.11. The van der Waals surface area contributed by atoms with Gasteiger partial charge in [0.25, 0.3) is 5.91 Å². The number of fused-ring (bicyclic) bond motifs is 1. The number of imide groups is 1. The molecule has 2 aromatic carbocycles. The van der Waals surface area contributed by atoms with Gasteiger partial charge in [-0.3, -0.25) is 9.69 Å². The van der Waals surface area contributed by atoms with Crippen LogP contribution in [0.25, 0.3) is 0 Å². The summed E-state index contributed by atoms with van der Waals surface area (Å²) in [6, 6.07) is 12.9. The van der Waals surface area contributed by atoms with Crippen molar-refractivity contribution in [1.82, 2.24) is 10.2 Å². The van der Waals surface area contributed by atoms with Gasteiger partial charge in [0.2, 0.25) is 0 Å². The molecule has 134 valence electrons. The van der Waals surface area contributed by atoms with Crippen molar-refractivity contribution in [2.24, 2.45) is 0 Å². The number of rotatable bonds is 3. The molecule has 1 unspecified atom stereocenters. The average Bonchev–Trinajstić information content (AvgIpc) is 2.87. The molecule has 0 aromatic heterocycles. The number of hydrogen-bond acceptors (Lipinski definition) is 3. The smallest absolute Gasteiger partial charge is 0.325 e. The normalized spacial score (nSPS) is 21.7. The maximum absolute atomic E-state index is 13.1. The number of carbonyl (C=O) groups is 2. The first-order valence-corrected chi connectivity index (χ1v) is 8.93. The molecule has 1 saturated heterocycles. The third-order valence-electron chi connectivity index (χ3n) is 5.26. The minimum Gasteiger partial charge on any atom is -0.497 e. The van der Waals surface area contributed by atoms with Gasteiger partial charge in [-0.15, -0.1) is 0 Å². The lowest BCUT2D eigenvalue weighted by molar-refractivity contribution is -0.132. The third kappa shape index (κ3) is 2.72. The quantitative estimate of drug-likeness (QED) is 0.843. The highest BCUT2D eigenvalue weighted by Gasteiger charge is 2.52. The van der Waals surface area contributed by atoms with Crippen molar-refractivity contribution < 1.29 is 14.3 Å². The zero-order chi connectivity index (χ0) is 18.3. The summed E-state index contributed by atoms with van der Waals surface area (Å²) in [5.41, 5.74) is 2.20. The van der Waals surface area contributed by atoms with E-state index in [-0.39, 0.29) is 18.5 Å². The van der Waals surface area contributed by atoms with E-state index in [2.05, 4.69) is 11.4 Å². The zero-order valence-electron chi connectivity index (χ0n) is 14.4. The van der Waals surface area contributed by atoms with E-state index in [1.165, 1.54) is 10.5 Å². The molecular weight excluding hydrogens is 352 g/mol. The number of nitrogens with zero attached hydrogens (tertiary/aromatic N) is 1. The number of aryl methyl sites for hydroxylation is 1. The number of amides is 3. The van der Waals surface area contributed by atoms with Crippen molar-refractivity contribution in [3.05, 3.63) is 64.2 Å². The monoisotopic (exact) mass is 370 g/mol. The van der Waals surface area contributed by atoms with Crippen LogP contribution in [-0.4, -0.2) is 29.5 Å². The second-order valence-electron chi connectivity index (χ2n) is 6.81. The Labute approximate surface area is 156 Å². The average molecular weight is 371 g/mol. The van der Waals surface area contributed by atoms with E-state index >= 15 is 0 Å². The van der Waals surface area contributed by atoms with Crippen molar-refractivity contribution in [2.75, 3.05) is 7.11 Å². The summed E-state index contributed by atoms with van der Waals surface area (Å²) >= 11 is 6.25. The first-order valence-electron chi connectivity index (χ1n) is 8.56. The molecule has 1 aliphatic carbocycles. The van der Waals surface area contributed by atoms with Crippen molar-refractivity contribution in [3.63, 3.8) is 0 Å². The van der Waals surface area contributed by atoms with Crippen LogP contribution in [-0.2, 0) is 24.2 Å². The lowest BCUT2D eigenvalue weighted by Crippen LogP contribution is -2.51. The third-order valence-corrected chi connectivity index (χ3v) is 5.63. The van der Waals surface area contributed by atoms with Crippen molar-refractivity contribution >= 4 is 23.5 Å². The fraction of sp³-hybridized carbons (Fsp3) is 0.300. The predicted octanol–water partition coefficient (Wildman–Crippen LogP) is 3.33. The fourth-order valence-electron chi connectivity index (χ4n) is 3.81. The maximum atomic E-state index is 13.1. The highest BCUT2D eigenvalue weighted by molar-refractivity contribution is 6.31. The number of urea groups is 1. The molecule has 4 rings (SSSR count). The molecule has 0 radical (unpaired) electrons. The summed E-state index contributed by atoms with van der Waals surface area (Å²) < 4.78 is 5.21. The molecule has 2 aromatic rings. The number of carbonyl (C=O) groups excluding carboxylic acids is 2. The standard InChI is InChI=1S/C20H19ClN2O3/c1-26-16-6-7-17(21)15(10-16)12-23-18(24)20(22-19(23)25)9-8-13-4-2-3-5-14(13)11-20/h2-7,10H,8-9,11-12H2,1H3,(H,22,25). The molecule has 0 bridgehead atoms. The van der Waals surface area contributed by atoms with Crippen LogP contribution in [0.4, 0.5) is 4.79 Å². The Hall–Kier alpha value is -2.53. The fourth-order valence-corrected chi connectivity index (χ4v) is 3.99. The van der Waals surface area contributed by atoms with Gasteiger partial charge >= 0.3 is 6.03 Å². The van der Waals surface area contributed by atoms with E-state index < -0.39 is 5.54 Å². The number of methoxy groups -OCH3 is 1. The van der Waals surface area contributed by atoms with Gasteiger partial charge in [0.1, 0.15) is 11.3 Å². The summed E-state index contributed by atoms with van der Waals surface area (Å²) in [6.07, 6.45) is 1.91.